The number of amides is 3. The van der Waals surface area contributed by atoms with Crippen LogP contribution in [0.2, 0.25) is 0 Å². The molecule has 5 N–H and O–H groups in total. The molecule has 7 atom stereocenters. The van der Waals surface area contributed by atoms with Crippen LogP contribution in [-0.4, -0.2) is 82.9 Å². The van der Waals surface area contributed by atoms with Gasteiger partial charge in [0, 0.05) is 12.8 Å². The number of aliphatic hydroxyl groups is 2. The van der Waals surface area contributed by atoms with Crippen molar-refractivity contribution in [3.63, 3.8) is 0 Å². The Hall–Kier alpha value is -2.73. The number of ether oxygens (including phenoxy) is 2. The van der Waals surface area contributed by atoms with Crippen molar-refractivity contribution in [3.8, 4) is 0 Å². The Balaban J connectivity index is 3.10. The van der Waals surface area contributed by atoms with Crippen molar-refractivity contribution in [3.05, 3.63) is 0 Å². The fraction of sp³-hybridized carbons (Fsp3) is 0.848. The first-order chi connectivity index (χ1) is 21.3. The van der Waals surface area contributed by atoms with Crippen LogP contribution >= 0.6 is 0 Å². The molecule has 3 amide bonds. The number of cyclic esters (lactones) is 1. The van der Waals surface area contributed by atoms with Crippen LogP contribution in [0.1, 0.15) is 125 Å². The van der Waals surface area contributed by atoms with Crippen LogP contribution in [0.15, 0.2) is 0 Å². The molecular weight excluding hydrogens is 582 g/mol. The molecule has 1 rings (SSSR count). The van der Waals surface area contributed by atoms with Crippen molar-refractivity contribution in [2.45, 2.75) is 161 Å². The lowest BCUT2D eigenvalue weighted by molar-refractivity contribution is -0.161. The average molecular weight is 642 g/mol. The molecule has 12 nitrogen and oxygen atoms in total. The first-order valence-corrected chi connectivity index (χ1v) is 16.9. The van der Waals surface area contributed by atoms with Crippen LogP contribution in [0.5, 0.6) is 0 Å². The quantitative estimate of drug-likeness (QED) is 0.125. The Labute approximate surface area is 269 Å². The lowest BCUT2D eigenvalue weighted by Crippen LogP contribution is -2.60. The number of esters is 2. The summed E-state index contributed by atoms with van der Waals surface area (Å²) in [6.45, 7) is 9.23. The molecule has 1 aliphatic rings. The average Bonchev–Trinajstić information content (AvgIpc) is 2.97. The summed E-state index contributed by atoms with van der Waals surface area (Å²) >= 11 is 0. The topological polar surface area (TPSA) is 180 Å². The Morgan fingerprint density at radius 2 is 1.40 bits per heavy atom. The number of hydrogen-bond donors (Lipinski definition) is 5. The highest BCUT2D eigenvalue weighted by Gasteiger charge is 2.37. The lowest BCUT2D eigenvalue weighted by atomic mass is 9.91. The fourth-order valence-corrected chi connectivity index (χ4v) is 5.34. The second-order valence-corrected chi connectivity index (χ2v) is 12.8. The van der Waals surface area contributed by atoms with Crippen molar-refractivity contribution >= 4 is 29.7 Å². The maximum Gasteiger partial charge on any atom is 0.332 e. The molecule has 0 aromatic heterocycles. The molecule has 260 valence electrons. The van der Waals surface area contributed by atoms with Gasteiger partial charge in [-0.15, -0.1) is 0 Å². The first kappa shape index (κ1) is 40.3. The zero-order valence-electron chi connectivity index (χ0n) is 28.3. The van der Waals surface area contributed by atoms with E-state index in [2.05, 4.69) is 22.9 Å². The summed E-state index contributed by atoms with van der Waals surface area (Å²) in [5.41, 5.74) is 0. The third-order valence-corrected chi connectivity index (χ3v) is 8.33. The van der Waals surface area contributed by atoms with Gasteiger partial charge in [-0.1, -0.05) is 91.9 Å². The summed E-state index contributed by atoms with van der Waals surface area (Å²) in [5.74, 6) is -4.81. The second kappa shape index (κ2) is 21.9. The highest BCUT2D eigenvalue weighted by atomic mass is 16.6. The van der Waals surface area contributed by atoms with Crippen molar-refractivity contribution in [2.75, 3.05) is 6.61 Å². The molecule has 0 aromatic rings. The highest BCUT2D eigenvalue weighted by Crippen LogP contribution is 2.23. The third-order valence-electron chi connectivity index (χ3n) is 8.33. The minimum absolute atomic E-state index is 0.335. The van der Waals surface area contributed by atoms with E-state index in [1.807, 2.05) is 0 Å². The van der Waals surface area contributed by atoms with E-state index < -0.39 is 78.6 Å². The van der Waals surface area contributed by atoms with Crippen LogP contribution in [0.4, 0.5) is 0 Å². The van der Waals surface area contributed by atoms with E-state index in [0.717, 1.165) is 32.6 Å². The minimum atomic E-state index is -1.48. The van der Waals surface area contributed by atoms with E-state index in [0.29, 0.717) is 6.42 Å². The van der Waals surface area contributed by atoms with Gasteiger partial charge in [0.05, 0.1) is 18.6 Å². The van der Waals surface area contributed by atoms with Crippen LogP contribution < -0.4 is 16.0 Å². The van der Waals surface area contributed by atoms with E-state index in [9.17, 15) is 34.2 Å². The smallest absolute Gasteiger partial charge is 0.332 e. The Kier molecular flexibility index (Phi) is 19.6. The van der Waals surface area contributed by atoms with E-state index in [1.165, 1.54) is 51.9 Å². The molecule has 0 spiro atoms. The summed E-state index contributed by atoms with van der Waals surface area (Å²) in [6.07, 6.45) is 9.24. The third kappa shape index (κ3) is 15.9. The predicted molar refractivity (Wildman–Crippen MR) is 170 cm³/mol. The lowest BCUT2D eigenvalue weighted by Gasteiger charge is -2.30. The van der Waals surface area contributed by atoms with E-state index in [4.69, 9.17) is 9.47 Å². The van der Waals surface area contributed by atoms with Crippen molar-refractivity contribution in [1.29, 1.82) is 0 Å². The molecule has 45 heavy (non-hydrogen) atoms. The van der Waals surface area contributed by atoms with Crippen LogP contribution in [-0.2, 0) is 33.4 Å². The molecule has 1 fully saturated rings. The van der Waals surface area contributed by atoms with Gasteiger partial charge in [-0.25, -0.2) is 4.79 Å². The summed E-state index contributed by atoms with van der Waals surface area (Å²) in [5, 5.41) is 28.8. The first-order valence-electron chi connectivity index (χ1n) is 16.9. The van der Waals surface area contributed by atoms with Gasteiger partial charge in [0.25, 0.3) is 0 Å². The Morgan fingerprint density at radius 1 is 0.867 bits per heavy atom. The Morgan fingerprint density at radius 3 is 1.91 bits per heavy atom. The molecule has 1 aliphatic heterocycles. The highest BCUT2D eigenvalue weighted by molar-refractivity contribution is 5.94. The summed E-state index contributed by atoms with van der Waals surface area (Å²) in [4.78, 5) is 64.1. The minimum Gasteiger partial charge on any atom is -0.463 e. The predicted octanol–water partition coefficient (Wildman–Crippen LogP) is 3.05. The fourth-order valence-electron chi connectivity index (χ4n) is 5.34. The number of aliphatic hydroxyl groups excluding tert-OH is 2. The molecular formula is C33H59N3O9. The standard InChI is InChI=1S/C33H59N3O9/c1-7-8-9-10-11-12-13-14-15-16-17-18-27-22(4)26(39)19-28(40)35-29(21(2)3)31(41)36-30(23(5)37)32(42)34-25(33(43)45-27)20-44-24(6)38/h21-23,25-27,29-30,37,39H,7-20H2,1-6H3,(H,34,42)(H,35,40)(H,36,41)/t22-,23-,25+,26+,27-,29+,30+/m1/s1. The van der Waals surface area contributed by atoms with Gasteiger partial charge in [0.15, 0.2) is 6.04 Å². The molecule has 0 bridgehead atoms. The maximum absolute atomic E-state index is 13.4. The van der Waals surface area contributed by atoms with Gasteiger partial charge in [0.2, 0.25) is 17.7 Å². The van der Waals surface area contributed by atoms with Gasteiger partial charge >= 0.3 is 11.9 Å². The van der Waals surface area contributed by atoms with Crippen LogP contribution in [0.3, 0.4) is 0 Å². The molecule has 0 unspecified atom stereocenters. The van der Waals surface area contributed by atoms with E-state index >= 15 is 0 Å². The van der Waals surface area contributed by atoms with Crippen molar-refractivity contribution in [2.24, 2.45) is 11.8 Å². The van der Waals surface area contributed by atoms with E-state index in [-0.39, 0.29) is 12.3 Å². The second-order valence-electron chi connectivity index (χ2n) is 12.8. The van der Waals surface area contributed by atoms with Crippen LogP contribution in [0.25, 0.3) is 0 Å². The van der Waals surface area contributed by atoms with Gasteiger partial charge < -0.3 is 35.6 Å². The molecule has 1 heterocycles. The number of nitrogens with one attached hydrogen (secondary N) is 3. The van der Waals surface area contributed by atoms with Crippen molar-refractivity contribution < 1.29 is 43.7 Å². The molecule has 1 saturated heterocycles. The summed E-state index contributed by atoms with van der Waals surface area (Å²) in [6, 6.07) is -3.97. The Bertz CT molecular complexity index is 927. The number of unbranched alkanes of at least 4 members (excludes halogenated alkanes) is 10. The monoisotopic (exact) mass is 641 g/mol. The maximum atomic E-state index is 13.4. The summed E-state index contributed by atoms with van der Waals surface area (Å²) < 4.78 is 10.8. The largest absolute Gasteiger partial charge is 0.463 e. The van der Waals surface area contributed by atoms with E-state index in [1.54, 1.807) is 20.8 Å². The van der Waals surface area contributed by atoms with Crippen LogP contribution in [0, 0.1) is 11.8 Å². The van der Waals surface area contributed by atoms with Gasteiger partial charge in [0.1, 0.15) is 24.8 Å². The molecule has 12 heteroatoms. The van der Waals surface area contributed by atoms with Gasteiger partial charge in [-0.3, -0.25) is 19.2 Å². The SMILES string of the molecule is CCCCCCCCCCCCC[C@H]1OC(=O)[C@H](COC(C)=O)NC(=O)[C@H]([C@@H](C)O)NC(=O)[C@H](C(C)C)NC(=O)C[C@H](O)[C@H]1C. The normalized spacial score (nSPS) is 26.2. The molecule has 0 saturated carbocycles. The number of hydrogen-bond acceptors (Lipinski definition) is 9. The number of carbonyl (C=O) groups is 5. The molecule has 0 radical (unpaired) electrons. The number of carbonyl (C=O) groups excluding carboxylic acids is 5. The molecule has 0 aromatic carbocycles. The molecule has 0 aliphatic carbocycles. The van der Waals surface area contributed by atoms with Crippen molar-refractivity contribution in [1.82, 2.24) is 16.0 Å². The number of rotatable bonds is 16. The zero-order chi connectivity index (χ0) is 33.9. The zero-order valence-corrected chi connectivity index (χ0v) is 28.3. The van der Waals surface area contributed by atoms with Gasteiger partial charge in [-0.05, 0) is 25.7 Å². The van der Waals surface area contributed by atoms with Gasteiger partial charge in [-0.2, -0.15) is 0 Å². The summed E-state index contributed by atoms with van der Waals surface area (Å²) in [7, 11) is 0.